The van der Waals surface area contributed by atoms with E-state index in [1.54, 1.807) is 0 Å². The highest BCUT2D eigenvalue weighted by Gasteiger charge is 2.51. The van der Waals surface area contributed by atoms with Crippen LogP contribution in [0.2, 0.25) is 0 Å². The molecule has 2 aliphatic rings. The van der Waals surface area contributed by atoms with E-state index in [0.717, 1.165) is 44.2 Å². The van der Waals surface area contributed by atoms with E-state index >= 15 is 0 Å². The molecular formula is C50H31NO. The molecule has 8 aromatic carbocycles. The van der Waals surface area contributed by atoms with Crippen molar-refractivity contribution in [1.29, 1.82) is 0 Å². The Balaban J connectivity index is 1.13. The Morgan fingerprint density at radius 2 is 0.827 bits per heavy atom. The minimum Gasteiger partial charge on any atom is -0.276 e. The third kappa shape index (κ3) is 3.87. The Hall–Kier alpha value is -6.77. The molecule has 0 saturated heterocycles. The first-order valence-electron chi connectivity index (χ1n) is 17.9. The van der Waals surface area contributed by atoms with Crippen LogP contribution in [0.5, 0.6) is 0 Å². The number of hydrogen-bond acceptors (Lipinski definition) is 1. The summed E-state index contributed by atoms with van der Waals surface area (Å²) in [4.78, 5) is 14.2. The van der Waals surface area contributed by atoms with Gasteiger partial charge in [-0.15, -0.1) is 0 Å². The van der Waals surface area contributed by atoms with Gasteiger partial charge in [0.05, 0.1) is 10.9 Å². The molecule has 2 aliphatic carbocycles. The van der Waals surface area contributed by atoms with Gasteiger partial charge in [0.15, 0.2) is 0 Å². The number of rotatable bonds is 3. The standard InChI is InChI=1S/C50H31NO/c52-49-42-18-5-4-14-37(42)43-30-34(25-29-48(43)51(49)36-26-22-33(23-27-36)32-12-2-1-3-13-32)35-24-28-41-40-17-8-11-21-46(40)50(47(41)31-35)44-19-9-6-15-38(44)39-16-7-10-20-45(39)50/h1-31H. The maximum absolute atomic E-state index is 14.2. The molecule has 0 N–H and O–H groups in total. The van der Waals surface area contributed by atoms with Crippen molar-refractivity contribution in [2.75, 3.05) is 0 Å². The summed E-state index contributed by atoms with van der Waals surface area (Å²) < 4.78 is 1.87. The molecular weight excluding hydrogens is 631 g/mol. The fourth-order valence-corrected chi connectivity index (χ4v) is 9.22. The normalized spacial score (nSPS) is 13.2. The van der Waals surface area contributed by atoms with Crippen molar-refractivity contribution < 1.29 is 0 Å². The smallest absolute Gasteiger partial charge is 0.263 e. The predicted octanol–water partition coefficient (Wildman–Crippen LogP) is 11.8. The van der Waals surface area contributed by atoms with Crippen LogP contribution in [0.15, 0.2) is 193 Å². The van der Waals surface area contributed by atoms with E-state index < -0.39 is 5.41 Å². The fraction of sp³-hybridized carbons (Fsp3) is 0.0200. The van der Waals surface area contributed by atoms with Crippen molar-refractivity contribution >= 4 is 21.7 Å². The highest BCUT2D eigenvalue weighted by atomic mass is 16.1. The largest absolute Gasteiger partial charge is 0.276 e. The number of pyridine rings is 1. The van der Waals surface area contributed by atoms with Crippen LogP contribution >= 0.6 is 0 Å². The summed E-state index contributed by atoms with van der Waals surface area (Å²) >= 11 is 0. The van der Waals surface area contributed by atoms with Crippen LogP contribution in [0.4, 0.5) is 0 Å². The van der Waals surface area contributed by atoms with E-state index in [1.807, 2.05) is 41.0 Å². The van der Waals surface area contributed by atoms with Crippen molar-refractivity contribution in [3.63, 3.8) is 0 Å². The molecule has 1 aromatic heterocycles. The summed E-state index contributed by atoms with van der Waals surface area (Å²) in [5.74, 6) is 0. The van der Waals surface area contributed by atoms with E-state index in [4.69, 9.17) is 0 Å². The fourth-order valence-electron chi connectivity index (χ4n) is 9.22. The van der Waals surface area contributed by atoms with Crippen molar-refractivity contribution in [2.45, 2.75) is 5.41 Å². The maximum Gasteiger partial charge on any atom is 0.263 e. The Morgan fingerprint density at radius 1 is 0.346 bits per heavy atom. The molecule has 0 unspecified atom stereocenters. The van der Waals surface area contributed by atoms with E-state index in [2.05, 4.69) is 152 Å². The first kappa shape index (κ1) is 29.0. The second-order valence-corrected chi connectivity index (χ2v) is 14.0. The molecule has 11 rings (SSSR count). The molecule has 1 heterocycles. The van der Waals surface area contributed by atoms with Crippen LogP contribution in [0.1, 0.15) is 22.3 Å². The summed E-state index contributed by atoms with van der Waals surface area (Å²) in [5.41, 5.74) is 16.4. The quantitative estimate of drug-likeness (QED) is 0.173. The lowest BCUT2D eigenvalue weighted by molar-refractivity contribution is 0.794. The minimum atomic E-state index is -0.398. The zero-order valence-corrected chi connectivity index (χ0v) is 28.3. The second-order valence-electron chi connectivity index (χ2n) is 14.0. The van der Waals surface area contributed by atoms with Gasteiger partial charge in [-0.05, 0) is 109 Å². The van der Waals surface area contributed by atoms with Crippen LogP contribution in [0, 0.1) is 0 Å². The van der Waals surface area contributed by atoms with Crippen molar-refractivity contribution in [3.05, 3.63) is 221 Å². The van der Waals surface area contributed by atoms with Crippen LogP contribution < -0.4 is 5.56 Å². The van der Waals surface area contributed by atoms with Crippen molar-refractivity contribution in [3.8, 4) is 50.2 Å². The van der Waals surface area contributed by atoms with Gasteiger partial charge in [0, 0.05) is 16.5 Å². The Morgan fingerprint density at radius 3 is 1.48 bits per heavy atom. The summed E-state index contributed by atoms with van der Waals surface area (Å²) in [6.45, 7) is 0. The topological polar surface area (TPSA) is 22.0 Å². The average molecular weight is 662 g/mol. The van der Waals surface area contributed by atoms with E-state index in [0.29, 0.717) is 5.39 Å². The van der Waals surface area contributed by atoms with Crippen LogP contribution in [-0.2, 0) is 5.41 Å². The van der Waals surface area contributed by atoms with Gasteiger partial charge in [-0.25, -0.2) is 0 Å². The van der Waals surface area contributed by atoms with Crippen molar-refractivity contribution in [1.82, 2.24) is 4.57 Å². The van der Waals surface area contributed by atoms with Gasteiger partial charge >= 0.3 is 0 Å². The summed E-state index contributed by atoms with van der Waals surface area (Å²) in [7, 11) is 0. The van der Waals surface area contributed by atoms with Crippen LogP contribution in [0.25, 0.3) is 71.9 Å². The number of aromatic nitrogens is 1. The molecule has 1 spiro atoms. The first-order valence-corrected chi connectivity index (χ1v) is 17.9. The molecule has 2 heteroatoms. The summed E-state index contributed by atoms with van der Waals surface area (Å²) in [5, 5.41) is 2.72. The van der Waals surface area contributed by atoms with Crippen molar-refractivity contribution in [2.24, 2.45) is 0 Å². The zero-order chi connectivity index (χ0) is 34.4. The first-order chi connectivity index (χ1) is 25.7. The molecule has 0 bridgehead atoms. The van der Waals surface area contributed by atoms with Crippen LogP contribution in [-0.4, -0.2) is 4.57 Å². The molecule has 9 aromatic rings. The molecule has 0 atom stereocenters. The van der Waals surface area contributed by atoms with E-state index in [9.17, 15) is 4.79 Å². The minimum absolute atomic E-state index is 0.0147. The monoisotopic (exact) mass is 661 g/mol. The van der Waals surface area contributed by atoms with Gasteiger partial charge in [0.25, 0.3) is 5.56 Å². The van der Waals surface area contributed by atoms with Gasteiger partial charge in [0.2, 0.25) is 0 Å². The Bertz CT molecular complexity index is 2910. The number of nitrogens with zero attached hydrogens (tertiary/aromatic N) is 1. The molecule has 0 amide bonds. The Labute approximate surface area is 301 Å². The van der Waals surface area contributed by atoms with E-state index in [1.165, 1.54) is 44.5 Å². The van der Waals surface area contributed by atoms with Gasteiger partial charge in [-0.1, -0.05) is 152 Å². The van der Waals surface area contributed by atoms with Gasteiger partial charge in [-0.2, -0.15) is 0 Å². The predicted molar refractivity (Wildman–Crippen MR) is 214 cm³/mol. The van der Waals surface area contributed by atoms with Gasteiger partial charge in [0.1, 0.15) is 0 Å². The highest BCUT2D eigenvalue weighted by molar-refractivity contribution is 6.08. The van der Waals surface area contributed by atoms with Gasteiger partial charge < -0.3 is 0 Å². The van der Waals surface area contributed by atoms with E-state index in [-0.39, 0.29) is 5.56 Å². The molecule has 2 nitrogen and oxygen atoms in total. The third-order valence-electron chi connectivity index (χ3n) is 11.5. The molecule has 0 radical (unpaired) electrons. The number of hydrogen-bond donors (Lipinski definition) is 0. The molecule has 0 fully saturated rings. The molecule has 52 heavy (non-hydrogen) atoms. The second kappa shape index (κ2) is 10.9. The van der Waals surface area contributed by atoms with Gasteiger partial charge in [-0.3, -0.25) is 9.36 Å². The number of benzene rings is 8. The Kier molecular flexibility index (Phi) is 6.06. The molecule has 242 valence electrons. The lowest BCUT2D eigenvalue weighted by Crippen LogP contribution is -2.25. The van der Waals surface area contributed by atoms with Crippen LogP contribution in [0.3, 0.4) is 0 Å². The summed E-state index contributed by atoms with van der Waals surface area (Å²) in [6, 6.07) is 67.1. The number of fused-ring (bicyclic) bond motifs is 13. The third-order valence-corrected chi connectivity index (χ3v) is 11.5. The zero-order valence-electron chi connectivity index (χ0n) is 28.3. The lowest BCUT2D eigenvalue weighted by atomic mass is 9.70. The lowest BCUT2D eigenvalue weighted by Gasteiger charge is -2.30. The molecule has 0 saturated carbocycles. The maximum atomic E-state index is 14.2. The SMILES string of the molecule is O=c1c2ccccc2c2cc(-c3ccc4c(c3)C3(c5ccccc5-c5ccccc53)c3ccccc3-4)ccc2n1-c1ccc(-c2ccccc2)cc1. The average Bonchev–Trinajstić information content (AvgIpc) is 3.69. The molecule has 0 aliphatic heterocycles. The highest BCUT2D eigenvalue weighted by Crippen LogP contribution is 2.63. The summed E-state index contributed by atoms with van der Waals surface area (Å²) in [6.07, 6.45) is 0.